The van der Waals surface area contributed by atoms with E-state index < -0.39 is 0 Å². The summed E-state index contributed by atoms with van der Waals surface area (Å²) in [4.78, 5) is 0. The van der Waals surface area contributed by atoms with Crippen LogP contribution in [0.2, 0.25) is 4.73 Å². The number of allylic oxidation sites excluding steroid dienone is 4. The van der Waals surface area contributed by atoms with Gasteiger partial charge < -0.3 is 0 Å². The average molecular weight is 413 g/mol. The Balaban J connectivity index is -0.000000333. The fraction of sp³-hybridized carbons (Fsp3) is 0.556. The van der Waals surface area contributed by atoms with Crippen LogP contribution in [0.4, 0.5) is 0 Å². The number of halogens is 3. The van der Waals surface area contributed by atoms with Gasteiger partial charge in [0.1, 0.15) is 0 Å². The van der Waals surface area contributed by atoms with Gasteiger partial charge in [0.2, 0.25) is 0 Å². The molecule has 0 spiro atoms. The fourth-order valence-corrected chi connectivity index (χ4v) is 3.08. The Bertz CT molecular complexity index is 155. The molecule has 0 unspecified atom stereocenters. The van der Waals surface area contributed by atoms with E-state index in [4.69, 9.17) is 0 Å². The summed E-state index contributed by atoms with van der Waals surface area (Å²) in [7, 11) is 0. The van der Waals surface area contributed by atoms with Gasteiger partial charge in [-0.25, -0.2) is 0 Å². The molecular weight excluding hydrogens is 396 g/mol. The summed E-state index contributed by atoms with van der Waals surface area (Å²) in [6.07, 6.45) is 10.9. The molecule has 1 aliphatic rings. The van der Waals surface area contributed by atoms with Crippen molar-refractivity contribution in [3.8, 4) is 0 Å². The van der Waals surface area contributed by atoms with Gasteiger partial charge in [-0.2, -0.15) is 0 Å². The predicted molar refractivity (Wildman–Crippen MR) is 72.5 cm³/mol. The number of hydrogen-bond donors (Lipinski definition) is 0. The fourth-order valence-electron chi connectivity index (χ4n) is 1.00. The first-order valence-electron chi connectivity index (χ1n) is 4.03. The number of hydrogen-bond acceptors (Lipinski definition) is 0. The van der Waals surface area contributed by atoms with E-state index >= 15 is 0 Å². The van der Waals surface area contributed by atoms with Gasteiger partial charge in [-0.1, -0.05) is 0 Å². The van der Waals surface area contributed by atoms with E-state index in [-0.39, 0.29) is 70.1 Å². The Hall–Kier alpha value is 1.63. The first-order chi connectivity index (χ1) is 4.93. The van der Waals surface area contributed by atoms with E-state index in [1.54, 1.807) is 3.88 Å². The zero-order valence-corrected chi connectivity index (χ0v) is 14.5. The van der Waals surface area contributed by atoms with Gasteiger partial charge in [-0.3, -0.25) is 0 Å². The van der Waals surface area contributed by atoms with Crippen LogP contribution in [0.3, 0.4) is 0 Å². The zero-order valence-electron chi connectivity index (χ0n) is 7.79. The Kier molecular flexibility index (Phi) is 21.1. The molecule has 0 bridgehead atoms. The number of rotatable bonds is 4. The van der Waals surface area contributed by atoms with Crippen LogP contribution >= 0.6 is 50.9 Å². The minimum absolute atomic E-state index is 0. The molecule has 0 nitrogen and oxygen atoms in total. The zero-order chi connectivity index (χ0) is 7.23. The molecular formula is C9H17Br3Ti. The topological polar surface area (TPSA) is 0 Å². The molecule has 13 heavy (non-hydrogen) atoms. The SMILES string of the molecule is Br.Br.Br.CCC[CH2][Ti][C]1=CC=CC1. The third-order valence-electron chi connectivity index (χ3n) is 1.65. The molecule has 0 fully saturated rings. The standard InChI is InChI=1S/C5H5.C4H9.3BrH.Ti/c1-2-4-5-3-1;1-3-4-2;;;;/h1-3H,4H2;1,3-4H2,2H3;3*1H;. The van der Waals surface area contributed by atoms with Crippen molar-refractivity contribution in [1.29, 1.82) is 0 Å². The average Bonchev–Trinajstić information content (AvgIpc) is 2.41. The third-order valence-corrected chi connectivity index (χ3v) is 3.88. The van der Waals surface area contributed by atoms with E-state index in [1.807, 2.05) is 0 Å². The summed E-state index contributed by atoms with van der Waals surface area (Å²) >= 11 is 0.290. The van der Waals surface area contributed by atoms with E-state index in [0.29, 0.717) is 0 Å². The molecule has 0 aromatic heterocycles. The second-order valence-corrected chi connectivity index (χ2v) is 4.94. The van der Waals surface area contributed by atoms with Gasteiger partial charge in [-0.15, -0.1) is 50.9 Å². The van der Waals surface area contributed by atoms with Crippen LogP contribution in [-0.2, 0) is 19.2 Å². The van der Waals surface area contributed by atoms with E-state index in [0.717, 1.165) is 0 Å². The van der Waals surface area contributed by atoms with Gasteiger partial charge in [0, 0.05) is 0 Å². The monoisotopic (exact) mass is 410 g/mol. The third kappa shape index (κ3) is 9.93. The summed E-state index contributed by atoms with van der Waals surface area (Å²) < 4.78 is 3.25. The molecule has 0 atom stereocenters. The van der Waals surface area contributed by atoms with Crippen molar-refractivity contribution in [3.05, 3.63) is 22.1 Å². The number of unbranched alkanes of at least 4 members (excludes halogenated alkanes) is 1. The summed E-state index contributed by atoms with van der Waals surface area (Å²) in [6.45, 7) is 2.27. The minimum atomic E-state index is 0. The van der Waals surface area contributed by atoms with Crippen LogP contribution in [-0.4, -0.2) is 0 Å². The summed E-state index contributed by atoms with van der Waals surface area (Å²) in [6, 6.07) is 0. The molecule has 1 aliphatic carbocycles. The van der Waals surface area contributed by atoms with Crippen molar-refractivity contribution in [2.75, 3.05) is 0 Å². The van der Waals surface area contributed by atoms with Crippen LogP contribution in [0.25, 0.3) is 0 Å². The van der Waals surface area contributed by atoms with Gasteiger partial charge in [0.05, 0.1) is 0 Å². The molecule has 0 saturated heterocycles. The summed E-state index contributed by atoms with van der Waals surface area (Å²) in [5.41, 5.74) is 0. The molecule has 0 aromatic carbocycles. The quantitative estimate of drug-likeness (QED) is 0.457. The molecule has 0 amide bonds. The first kappa shape index (κ1) is 20.1. The molecule has 78 valence electrons. The molecule has 0 heterocycles. The Labute approximate surface area is 122 Å². The summed E-state index contributed by atoms with van der Waals surface area (Å²) in [5, 5.41) is 0. The van der Waals surface area contributed by atoms with Crippen LogP contribution in [0.5, 0.6) is 0 Å². The van der Waals surface area contributed by atoms with E-state index in [2.05, 4.69) is 25.2 Å². The summed E-state index contributed by atoms with van der Waals surface area (Å²) in [5.74, 6) is 0. The molecule has 0 aromatic rings. The molecule has 0 N–H and O–H groups in total. The first-order valence-corrected chi connectivity index (χ1v) is 5.91. The second kappa shape index (κ2) is 13.6. The molecule has 1 rings (SSSR count). The maximum absolute atomic E-state index is 2.32. The Morgan fingerprint density at radius 3 is 2.46 bits per heavy atom. The van der Waals surface area contributed by atoms with Crippen molar-refractivity contribution in [2.24, 2.45) is 0 Å². The van der Waals surface area contributed by atoms with Crippen LogP contribution < -0.4 is 0 Å². The van der Waals surface area contributed by atoms with Crippen LogP contribution in [0.1, 0.15) is 26.2 Å². The van der Waals surface area contributed by atoms with Gasteiger partial charge in [0.15, 0.2) is 0 Å². The normalized spacial score (nSPS) is 11.9. The van der Waals surface area contributed by atoms with Crippen molar-refractivity contribution in [3.63, 3.8) is 0 Å². The molecule has 0 radical (unpaired) electrons. The predicted octanol–water partition coefficient (Wildman–Crippen LogP) is 4.86. The van der Waals surface area contributed by atoms with E-state index in [1.165, 1.54) is 24.0 Å². The molecule has 0 saturated carbocycles. The Morgan fingerprint density at radius 2 is 2.00 bits per heavy atom. The van der Waals surface area contributed by atoms with Crippen molar-refractivity contribution < 1.29 is 19.2 Å². The maximum atomic E-state index is 2.32. The second-order valence-electron chi connectivity index (χ2n) is 2.60. The van der Waals surface area contributed by atoms with Crippen LogP contribution in [0.15, 0.2) is 22.1 Å². The van der Waals surface area contributed by atoms with E-state index in [9.17, 15) is 0 Å². The van der Waals surface area contributed by atoms with Crippen molar-refractivity contribution in [1.82, 2.24) is 0 Å². The molecule has 4 heteroatoms. The van der Waals surface area contributed by atoms with Crippen molar-refractivity contribution in [2.45, 2.75) is 30.9 Å². The van der Waals surface area contributed by atoms with Gasteiger partial charge in [-0.05, 0) is 0 Å². The molecule has 0 aliphatic heterocycles. The Morgan fingerprint density at radius 1 is 1.31 bits per heavy atom. The van der Waals surface area contributed by atoms with Gasteiger partial charge in [0.25, 0.3) is 0 Å². The van der Waals surface area contributed by atoms with Crippen LogP contribution in [0, 0.1) is 0 Å². The van der Waals surface area contributed by atoms with Crippen molar-refractivity contribution >= 4 is 50.9 Å². The van der Waals surface area contributed by atoms with Gasteiger partial charge >= 0.3 is 72.2 Å².